The number of hydrogen-bond donors (Lipinski definition) is 3. The van der Waals surface area contributed by atoms with Gasteiger partial charge in [-0.2, -0.15) is 18.3 Å². The molecule has 3 aliphatic rings. The Hall–Kier alpha value is -3.89. The number of hydrogen-bond acceptors (Lipinski definition) is 4. The number of aryl methyl sites for hydroxylation is 1. The first-order valence-corrected chi connectivity index (χ1v) is 14.6. The molecule has 0 bridgehead atoms. The second-order valence-corrected chi connectivity index (χ2v) is 12.1. The van der Waals surface area contributed by atoms with Crippen LogP contribution in [0.2, 0.25) is 0 Å². The molecule has 8 nitrogen and oxygen atoms in total. The van der Waals surface area contributed by atoms with Gasteiger partial charge in [0.15, 0.2) is 0 Å². The molecule has 3 N–H and O–H groups in total. The molecule has 6 rings (SSSR count). The summed E-state index contributed by atoms with van der Waals surface area (Å²) in [6.45, 7) is 3.87. The summed E-state index contributed by atoms with van der Waals surface area (Å²) in [6, 6.07) is 7.17. The first-order chi connectivity index (χ1) is 20.0. The summed E-state index contributed by atoms with van der Waals surface area (Å²) in [7, 11) is 0. The van der Waals surface area contributed by atoms with Crippen molar-refractivity contribution in [1.29, 1.82) is 0 Å². The predicted octanol–water partition coefficient (Wildman–Crippen LogP) is 5.42. The van der Waals surface area contributed by atoms with E-state index < -0.39 is 29.3 Å². The van der Waals surface area contributed by atoms with E-state index in [1.807, 2.05) is 19.9 Å². The molecule has 2 aromatic heterocycles. The molecule has 2 fully saturated rings. The van der Waals surface area contributed by atoms with Gasteiger partial charge in [0.1, 0.15) is 11.7 Å². The average molecular weight is 582 g/mol. The quantitative estimate of drug-likeness (QED) is 0.314. The van der Waals surface area contributed by atoms with Crippen molar-refractivity contribution in [2.75, 3.05) is 5.32 Å². The van der Waals surface area contributed by atoms with Crippen molar-refractivity contribution >= 4 is 17.5 Å². The lowest BCUT2D eigenvalue weighted by Crippen LogP contribution is -2.50. The topological polar surface area (TPSA) is 109 Å². The highest BCUT2D eigenvalue weighted by atomic mass is 19.4. The highest BCUT2D eigenvalue weighted by Gasteiger charge is 2.48. The second kappa shape index (κ2) is 10.7. The number of alkyl halides is 3. The Kier molecular flexibility index (Phi) is 7.22. The Morgan fingerprint density at radius 1 is 1.02 bits per heavy atom. The number of halogens is 3. The Balaban J connectivity index is 1.23. The van der Waals surface area contributed by atoms with Gasteiger partial charge in [0.2, 0.25) is 5.91 Å². The Morgan fingerprint density at radius 3 is 2.38 bits per heavy atom. The summed E-state index contributed by atoms with van der Waals surface area (Å²) < 4.78 is 41.6. The number of aromatic amines is 1. The van der Waals surface area contributed by atoms with Crippen LogP contribution in [0.15, 0.2) is 47.5 Å². The number of nitrogens with zero attached hydrogens (tertiary/aromatic N) is 2. The van der Waals surface area contributed by atoms with Gasteiger partial charge in [0.25, 0.3) is 11.5 Å². The molecule has 2 amide bonds. The maximum Gasteiger partial charge on any atom is 0.417 e. The third-order valence-electron chi connectivity index (χ3n) is 8.80. The number of fused-ring (bicyclic) bond motifs is 1. The zero-order chi connectivity index (χ0) is 29.8. The molecule has 2 saturated carbocycles. The predicted molar refractivity (Wildman–Crippen MR) is 150 cm³/mol. The van der Waals surface area contributed by atoms with Crippen LogP contribution < -0.4 is 16.2 Å². The zero-order valence-electron chi connectivity index (χ0n) is 23.5. The lowest BCUT2D eigenvalue weighted by molar-refractivity contribution is -0.137. The van der Waals surface area contributed by atoms with Gasteiger partial charge in [0.05, 0.1) is 5.56 Å². The monoisotopic (exact) mass is 581 g/mol. The van der Waals surface area contributed by atoms with E-state index >= 15 is 0 Å². The van der Waals surface area contributed by atoms with Crippen LogP contribution in [0, 0.1) is 17.8 Å². The van der Waals surface area contributed by atoms with Gasteiger partial charge in [-0.05, 0) is 106 Å². The van der Waals surface area contributed by atoms with Crippen LogP contribution in [-0.2, 0) is 17.4 Å². The summed E-state index contributed by atoms with van der Waals surface area (Å²) >= 11 is 0. The number of carbonyl (C=O) groups is 2. The molecule has 0 aliphatic heterocycles. The van der Waals surface area contributed by atoms with Gasteiger partial charge in [0, 0.05) is 35.6 Å². The van der Waals surface area contributed by atoms with E-state index in [2.05, 4.69) is 20.7 Å². The fraction of sp³-hybridized carbons (Fsp3) is 0.484. The summed E-state index contributed by atoms with van der Waals surface area (Å²) in [5.74, 6) is -0.245. The van der Waals surface area contributed by atoms with Gasteiger partial charge in [-0.1, -0.05) is 6.07 Å². The molecule has 3 aromatic rings. The van der Waals surface area contributed by atoms with Crippen molar-refractivity contribution in [2.45, 2.75) is 76.6 Å². The average Bonchev–Trinajstić information content (AvgIpc) is 3.86. The van der Waals surface area contributed by atoms with Crippen LogP contribution in [0.1, 0.15) is 90.7 Å². The molecule has 42 heavy (non-hydrogen) atoms. The second-order valence-electron chi connectivity index (χ2n) is 12.1. The first kappa shape index (κ1) is 28.2. The number of aromatic nitrogens is 3. The fourth-order valence-corrected chi connectivity index (χ4v) is 6.51. The molecular formula is C31H34F3N5O3. The van der Waals surface area contributed by atoms with E-state index in [0.29, 0.717) is 42.3 Å². The minimum Gasteiger partial charge on any atom is -0.339 e. The third-order valence-corrected chi connectivity index (χ3v) is 8.80. The number of rotatable bonds is 9. The molecule has 0 radical (unpaired) electrons. The molecule has 1 aromatic carbocycles. The van der Waals surface area contributed by atoms with E-state index in [4.69, 9.17) is 0 Å². The van der Waals surface area contributed by atoms with Crippen molar-refractivity contribution in [2.24, 2.45) is 17.8 Å². The van der Waals surface area contributed by atoms with E-state index in [0.717, 1.165) is 42.9 Å². The highest BCUT2D eigenvalue weighted by molar-refractivity contribution is 6.01. The van der Waals surface area contributed by atoms with Crippen LogP contribution in [0.3, 0.4) is 0 Å². The molecule has 2 atom stereocenters. The number of pyridine rings is 1. The Morgan fingerprint density at radius 2 is 1.74 bits per heavy atom. The molecule has 0 spiro atoms. The van der Waals surface area contributed by atoms with E-state index in [9.17, 15) is 27.6 Å². The molecule has 1 unspecified atom stereocenters. The molecule has 3 aliphatic carbocycles. The van der Waals surface area contributed by atoms with Crippen LogP contribution in [0.25, 0.3) is 0 Å². The smallest absolute Gasteiger partial charge is 0.339 e. The molecule has 0 saturated heterocycles. The standard InChI is InChI=1S/C31H34F3N5O3/c1-16(2)39-25(11-12-36-39)29(41)38-27(26(17-3-4-17)18-5-6-18)30(42)37-21-8-10-22-19(13-21)7-9-23(22)24-14-20(31(32,33)34)15-35-28(24)40/h8,10-18,23,26-27H,3-7,9H2,1-2H3,(H,35,40)(H,37,42)(H,38,41)/t23?,27-/m0/s1. The van der Waals surface area contributed by atoms with E-state index in [1.165, 1.54) is 0 Å². The maximum absolute atomic E-state index is 13.8. The van der Waals surface area contributed by atoms with Crippen molar-refractivity contribution in [1.82, 2.24) is 20.1 Å². The summed E-state index contributed by atoms with van der Waals surface area (Å²) in [4.78, 5) is 41.9. The van der Waals surface area contributed by atoms with Crippen LogP contribution in [0.5, 0.6) is 0 Å². The number of anilines is 1. The Labute approximate surface area is 241 Å². The molecule has 222 valence electrons. The van der Waals surface area contributed by atoms with Crippen LogP contribution in [0.4, 0.5) is 18.9 Å². The summed E-state index contributed by atoms with van der Waals surface area (Å²) in [5.41, 5.74) is 1.26. The summed E-state index contributed by atoms with van der Waals surface area (Å²) in [6.07, 6.45) is 2.93. The largest absolute Gasteiger partial charge is 0.417 e. The van der Waals surface area contributed by atoms with Crippen molar-refractivity contribution in [3.63, 3.8) is 0 Å². The lowest BCUT2D eigenvalue weighted by atomic mass is 9.88. The van der Waals surface area contributed by atoms with Crippen LogP contribution in [-0.4, -0.2) is 32.6 Å². The number of benzene rings is 1. The lowest BCUT2D eigenvalue weighted by Gasteiger charge is -2.28. The fourth-order valence-electron chi connectivity index (χ4n) is 6.51. The van der Waals surface area contributed by atoms with Crippen molar-refractivity contribution in [3.8, 4) is 0 Å². The van der Waals surface area contributed by atoms with Crippen LogP contribution >= 0.6 is 0 Å². The number of H-pyrrole nitrogens is 1. The molecule has 2 heterocycles. The van der Waals surface area contributed by atoms with Gasteiger partial charge < -0.3 is 15.6 Å². The molecular weight excluding hydrogens is 547 g/mol. The number of amides is 2. The van der Waals surface area contributed by atoms with Gasteiger partial charge in [-0.3, -0.25) is 19.1 Å². The van der Waals surface area contributed by atoms with Crippen molar-refractivity contribution < 1.29 is 22.8 Å². The third kappa shape index (κ3) is 5.61. The maximum atomic E-state index is 13.8. The zero-order valence-corrected chi connectivity index (χ0v) is 23.5. The number of carbonyl (C=O) groups excluding carboxylic acids is 2. The SMILES string of the molecule is CC(C)n1nccc1C(=O)N[C@H](C(=O)Nc1ccc2c(c1)CCC2c1cc(C(F)(F)F)c[nH]c1=O)C(C1CC1)C1CC1. The normalized spacial score (nSPS) is 19.2. The van der Waals surface area contributed by atoms with Gasteiger partial charge in [-0.15, -0.1) is 0 Å². The summed E-state index contributed by atoms with van der Waals surface area (Å²) in [5, 5.41) is 10.3. The van der Waals surface area contributed by atoms with E-state index in [-0.39, 0.29) is 29.3 Å². The van der Waals surface area contributed by atoms with Crippen molar-refractivity contribution in [3.05, 3.63) is 81.0 Å². The highest BCUT2D eigenvalue weighted by Crippen LogP contribution is 2.51. The van der Waals surface area contributed by atoms with Gasteiger partial charge in [-0.25, -0.2) is 0 Å². The Bertz CT molecular complexity index is 1560. The minimum absolute atomic E-state index is 0.0163. The van der Waals surface area contributed by atoms with E-state index in [1.54, 1.807) is 29.1 Å². The molecule has 11 heteroatoms. The first-order valence-electron chi connectivity index (χ1n) is 14.6. The van der Waals surface area contributed by atoms with Gasteiger partial charge >= 0.3 is 6.18 Å². The minimum atomic E-state index is -4.56. The number of nitrogens with one attached hydrogen (secondary N) is 3.